The van der Waals surface area contributed by atoms with E-state index >= 15 is 0 Å². The largest absolute Gasteiger partial charge is 0.465 e. The van der Waals surface area contributed by atoms with Crippen LogP contribution in [-0.2, 0) is 38.1 Å². The second-order valence-corrected chi connectivity index (χ2v) is 8.26. The van der Waals surface area contributed by atoms with Crippen LogP contribution in [0.1, 0.15) is 11.3 Å². The van der Waals surface area contributed by atoms with Gasteiger partial charge in [-0.2, -0.15) is 0 Å². The van der Waals surface area contributed by atoms with Crippen LogP contribution in [0.25, 0.3) is 17.0 Å². The maximum Gasteiger partial charge on any atom is 0.356 e. The minimum atomic E-state index is -1.09. The molecule has 1 aromatic heterocycles. The van der Waals surface area contributed by atoms with E-state index in [9.17, 15) is 19.2 Å². The highest BCUT2D eigenvalue weighted by atomic mass is 16.5. The van der Waals surface area contributed by atoms with Gasteiger partial charge in [-0.15, -0.1) is 0 Å². The topological polar surface area (TPSA) is 137 Å². The first-order chi connectivity index (χ1) is 18.8. The van der Waals surface area contributed by atoms with E-state index in [0.29, 0.717) is 17.1 Å². The number of hydrogen-bond acceptors (Lipinski definition) is 10. The standard InChI is InChI=1S/C28H25N3O8/c1-15-11-13-17(14-12-15)31-22(28(35)39-5)20(27(34)38-4)18(25(32)36-2)19(26(33)37-3)21-24(31)30-23(29-21)16-9-7-6-8-10-16/h6-14H,1-5H3,(H,29,30). The maximum absolute atomic E-state index is 13.4. The fourth-order valence-electron chi connectivity index (χ4n) is 4.17. The molecule has 39 heavy (non-hydrogen) atoms. The molecule has 1 aliphatic heterocycles. The Hall–Kier alpha value is -5.19. The highest BCUT2D eigenvalue weighted by Crippen LogP contribution is 2.44. The molecule has 0 aliphatic carbocycles. The quantitative estimate of drug-likeness (QED) is 0.373. The van der Waals surface area contributed by atoms with Gasteiger partial charge in [0.25, 0.3) is 0 Å². The van der Waals surface area contributed by atoms with Crippen LogP contribution in [0.2, 0.25) is 0 Å². The number of benzene rings is 2. The van der Waals surface area contributed by atoms with Crippen molar-refractivity contribution >= 4 is 41.0 Å². The number of H-pyrrole nitrogens is 1. The average molecular weight is 532 g/mol. The molecular formula is C28H25N3O8. The summed E-state index contributed by atoms with van der Waals surface area (Å²) in [7, 11) is 4.38. The van der Waals surface area contributed by atoms with Crippen molar-refractivity contribution in [3.8, 4) is 11.4 Å². The molecule has 0 saturated heterocycles. The number of fused-ring (bicyclic) bond motifs is 1. The minimum Gasteiger partial charge on any atom is -0.465 e. The molecule has 2 aromatic carbocycles. The Balaban J connectivity index is 2.25. The first kappa shape index (κ1) is 26.9. The number of anilines is 2. The van der Waals surface area contributed by atoms with Crippen molar-refractivity contribution in [1.82, 2.24) is 9.97 Å². The van der Waals surface area contributed by atoms with E-state index in [1.165, 1.54) is 4.90 Å². The highest BCUT2D eigenvalue weighted by Gasteiger charge is 2.44. The number of aryl methyl sites for hydroxylation is 1. The van der Waals surface area contributed by atoms with Gasteiger partial charge in [0.05, 0.1) is 39.7 Å². The predicted octanol–water partition coefficient (Wildman–Crippen LogP) is 3.24. The summed E-state index contributed by atoms with van der Waals surface area (Å²) in [6.45, 7) is 1.88. The number of ether oxygens (including phenoxy) is 4. The SMILES string of the molecule is COC(=O)C1=C(C(=O)OC)c2[nH]c(-c3ccccc3)nc2N(c2ccc(C)cc2)C(C(=O)OC)=C1C(=O)OC. The van der Waals surface area contributed by atoms with Crippen molar-refractivity contribution in [3.63, 3.8) is 0 Å². The Morgan fingerprint density at radius 2 is 1.23 bits per heavy atom. The molecule has 0 amide bonds. The number of carbonyl (C=O) groups is 4. The fourth-order valence-corrected chi connectivity index (χ4v) is 4.17. The lowest BCUT2D eigenvalue weighted by molar-refractivity contribution is -0.141. The Morgan fingerprint density at radius 1 is 0.692 bits per heavy atom. The molecule has 200 valence electrons. The Morgan fingerprint density at radius 3 is 1.79 bits per heavy atom. The van der Waals surface area contributed by atoms with Gasteiger partial charge in [-0.3, -0.25) is 4.90 Å². The summed E-state index contributed by atoms with van der Waals surface area (Å²) in [5.41, 5.74) is 0.0224. The summed E-state index contributed by atoms with van der Waals surface area (Å²) in [5, 5.41) is 0. The van der Waals surface area contributed by atoms with Gasteiger partial charge < -0.3 is 23.9 Å². The first-order valence-electron chi connectivity index (χ1n) is 11.6. The summed E-state index contributed by atoms with van der Waals surface area (Å²) in [5.74, 6) is -3.84. The molecule has 0 atom stereocenters. The van der Waals surface area contributed by atoms with Crippen LogP contribution in [0.4, 0.5) is 11.5 Å². The molecule has 4 rings (SSSR count). The van der Waals surface area contributed by atoms with E-state index in [0.717, 1.165) is 34.0 Å². The molecule has 0 saturated carbocycles. The van der Waals surface area contributed by atoms with E-state index in [1.54, 1.807) is 48.5 Å². The number of nitrogens with zero attached hydrogens (tertiary/aromatic N) is 2. The smallest absolute Gasteiger partial charge is 0.356 e. The van der Waals surface area contributed by atoms with Crippen molar-refractivity contribution in [2.24, 2.45) is 0 Å². The third-order valence-electron chi connectivity index (χ3n) is 5.99. The molecule has 0 fully saturated rings. The normalized spacial score (nSPS) is 12.9. The predicted molar refractivity (Wildman–Crippen MR) is 139 cm³/mol. The van der Waals surface area contributed by atoms with Gasteiger partial charge in [-0.25, -0.2) is 24.2 Å². The van der Waals surface area contributed by atoms with E-state index < -0.39 is 40.7 Å². The zero-order valence-corrected chi connectivity index (χ0v) is 21.9. The monoisotopic (exact) mass is 531 g/mol. The van der Waals surface area contributed by atoms with Gasteiger partial charge in [0.1, 0.15) is 22.7 Å². The van der Waals surface area contributed by atoms with Crippen molar-refractivity contribution in [3.05, 3.63) is 82.7 Å². The second-order valence-electron chi connectivity index (χ2n) is 8.26. The fraction of sp³-hybridized carbons (Fsp3) is 0.179. The maximum atomic E-state index is 13.4. The van der Waals surface area contributed by atoms with Gasteiger partial charge in [0.2, 0.25) is 0 Å². The molecule has 11 heteroatoms. The number of rotatable bonds is 6. The summed E-state index contributed by atoms with van der Waals surface area (Å²) >= 11 is 0. The molecule has 0 bridgehead atoms. The van der Waals surface area contributed by atoms with Gasteiger partial charge >= 0.3 is 23.9 Å². The number of carbonyl (C=O) groups excluding carboxylic acids is 4. The molecule has 3 aromatic rings. The minimum absolute atomic E-state index is 0.00184. The molecular weight excluding hydrogens is 506 g/mol. The molecule has 11 nitrogen and oxygen atoms in total. The third kappa shape index (κ3) is 4.77. The number of esters is 4. The van der Waals surface area contributed by atoms with Crippen molar-refractivity contribution < 1.29 is 38.1 Å². The van der Waals surface area contributed by atoms with Crippen molar-refractivity contribution in [2.75, 3.05) is 33.3 Å². The molecule has 0 unspecified atom stereocenters. The first-order valence-corrected chi connectivity index (χ1v) is 11.6. The molecule has 2 heterocycles. The summed E-state index contributed by atoms with van der Waals surface area (Å²) < 4.78 is 20.0. The van der Waals surface area contributed by atoms with Crippen LogP contribution in [0, 0.1) is 6.92 Å². The lowest BCUT2D eigenvalue weighted by Gasteiger charge is -2.25. The Bertz CT molecular complexity index is 1520. The number of nitrogens with one attached hydrogen (secondary N) is 1. The zero-order valence-electron chi connectivity index (χ0n) is 21.9. The third-order valence-corrected chi connectivity index (χ3v) is 5.99. The Labute approximate surface area is 223 Å². The molecule has 1 N–H and O–H groups in total. The lowest BCUT2D eigenvalue weighted by atomic mass is 9.96. The van der Waals surface area contributed by atoms with Crippen molar-refractivity contribution in [2.45, 2.75) is 6.92 Å². The van der Waals surface area contributed by atoms with Gasteiger partial charge in [-0.05, 0) is 19.1 Å². The van der Waals surface area contributed by atoms with Crippen LogP contribution in [-0.4, -0.2) is 62.3 Å². The number of aromatic nitrogens is 2. The summed E-state index contributed by atoms with van der Waals surface area (Å²) in [4.78, 5) is 62.4. The molecule has 0 spiro atoms. The van der Waals surface area contributed by atoms with Crippen LogP contribution in [0.3, 0.4) is 0 Å². The average Bonchev–Trinajstić information content (AvgIpc) is 3.35. The molecule has 1 aliphatic rings. The van der Waals surface area contributed by atoms with E-state index in [2.05, 4.69) is 4.98 Å². The number of aromatic amines is 1. The van der Waals surface area contributed by atoms with E-state index in [4.69, 9.17) is 23.9 Å². The molecule has 0 radical (unpaired) electrons. The summed E-state index contributed by atoms with van der Waals surface area (Å²) in [6.07, 6.45) is 0. The number of imidazole rings is 1. The highest BCUT2D eigenvalue weighted by molar-refractivity contribution is 6.30. The van der Waals surface area contributed by atoms with Gasteiger partial charge in [0.15, 0.2) is 5.82 Å². The van der Waals surface area contributed by atoms with Crippen LogP contribution in [0.15, 0.2) is 71.4 Å². The van der Waals surface area contributed by atoms with Crippen molar-refractivity contribution in [1.29, 1.82) is 0 Å². The second kappa shape index (κ2) is 11.1. The van der Waals surface area contributed by atoms with Crippen LogP contribution in [0.5, 0.6) is 0 Å². The Kier molecular flexibility index (Phi) is 7.61. The lowest BCUT2D eigenvalue weighted by Crippen LogP contribution is -2.30. The number of hydrogen-bond donors (Lipinski definition) is 1. The van der Waals surface area contributed by atoms with E-state index in [-0.39, 0.29) is 17.1 Å². The van der Waals surface area contributed by atoms with E-state index in [1.807, 2.05) is 13.0 Å². The van der Waals surface area contributed by atoms with Crippen LogP contribution < -0.4 is 4.90 Å². The van der Waals surface area contributed by atoms with Gasteiger partial charge in [-0.1, -0.05) is 48.0 Å². The number of methoxy groups -OCH3 is 4. The summed E-state index contributed by atoms with van der Waals surface area (Å²) in [6, 6.07) is 15.9. The van der Waals surface area contributed by atoms with Crippen LogP contribution >= 0.6 is 0 Å². The zero-order chi connectivity index (χ0) is 28.3. The van der Waals surface area contributed by atoms with Gasteiger partial charge in [0, 0.05) is 11.3 Å².